The van der Waals surface area contributed by atoms with E-state index in [4.69, 9.17) is 0 Å². The Labute approximate surface area is 78.2 Å². The molecule has 1 rings (SSSR count). The van der Waals surface area contributed by atoms with E-state index in [0.717, 1.165) is 16.9 Å². The molecule has 0 aliphatic carbocycles. The smallest absolute Gasteiger partial charge is 0.163 e. The van der Waals surface area contributed by atoms with Gasteiger partial charge in [0.2, 0.25) is 0 Å². The highest BCUT2D eigenvalue weighted by atomic mass is 32.1. The number of rotatable bonds is 3. The van der Waals surface area contributed by atoms with E-state index in [2.05, 4.69) is 12.6 Å². The van der Waals surface area contributed by atoms with Gasteiger partial charge in [-0.3, -0.25) is 4.79 Å². The number of Topliss-reactive ketones (excluding diaryl/α,β-unsaturated/α-hetero) is 1. The maximum absolute atomic E-state index is 11.4. The number of hydrogen-bond donors (Lipinski definition) is 1. The van der Waals surface area contributed by atoms with Crippen molar-refractivity contribution in [3.8, 4) is 0 Å². The van der Waals surface area contributed by atoms with E-state index in [0.29, 0.717) is 6.42 Å². The summed E-state index contributed by atoms with van der Waals surface area (Å²) >= 11 is 4.21. The molecule has 0 saturated heterocycles. The van der Waals surface area contributed by atoms with Gasteiger partial charge in [-0.15, -0.1) is 12.6 Å². The lowest BCUT2D eigenvalue weighted by molar-refractivity contribution is 0.0979. The average molecular weight is 180 g/mol. The van der Waals surface area contributed by atoms with Gasteiger partial charge in [0, 0.05) is 16.9 Å². The lowest BCUT2D eigenvalue weighted by atomic mass is 10.1. The van der Waals surface area contributed by atoms with Crippen LogP contribution in [0.4, 0.5) is 0 Å². The number of hydrogen-bond acceptors (Lipinski definition) is 2. The Kier molecular flexibility index (Phi) is 3.35. The molecule has 0 amide bonds. The van der Waals surface area contributed by atoms with Crippen molar-refractivity contribution >= 4 is 18.4 Å². The zero-order valence-corrected chi connectivity index (χ0v) is 7.97. The molecular weight excluding hydrogens is 168 g/mol. The van der Waals surface area contributed by atoms with E-state index in [9.17, 15) is 4.79 Å². The Balaban J connectivity index is 2.87. The predicted molar refractivity (Wildman–Crippen MR) is 52.9 cm³/mol. The molecule has 0 fully saturated rings. The molecule has 0 aliphatic heterocycles. The molecule has 1 aromatic carbocycles. The summed E-state index contributed by atoms with van der Waals surface area (Å²) in [4.78, 5) is 12.2. The molecular formula is C10H12OS. The molecule has 0 heterocycles. The summed E-state index contributed by atoms with van der Waals surface area (Å²) in [7, 11) is 0. The topological polar surface area (TPSA) is 17.1 Å². The van der Waals surface area contributed by atoms with Gasteiger partial charge in [0.05, 0.1) is 0 Å². The van der Waals surface area contributed by atoms with Crippen LogP contribution in [0, 0.1) is 0 Å². The van der Waals surface area contributed by atoms with E-state index < -0.39 is 0 Å². The fraction of sp³-hybridized carbons (Fsp3) is 0.300. The Morgan fingerprint density at radius 2 is 2.08 bits per heavy atom. The lowest BCUT2D eigenvalue weighted by Gasteiger charge is -2.01. The summed E-state index contributed by atoms with van der Waals surface area (Å²) in [5.74, 6) is 0.183. The summed E-state index contributed by atoms with van der Waals surface area (Å²) in [6, 6.07) is 7.40. The Morgan fingerprint density at radius 1 is 1.42 bits per heavy atom. The van der Waals surface area contributed by atoms with Gasteiger partial charge in [-0.05, 0) is 12.5 Å². The van der Waals surface area contributed by atoms with Crippen LogP contribution in [0.25, 0.3) is 0 Å². The second-order valence-corrected chi connectivity index (χ2v) is 3.17. The molecule has 2 heteroatoms. The molecule has 0 saturated carbocycles. The number of thiol groups is 1. The van der Waals surface area contributed by atoms with Gasteiger partial charge < -0.3 is 0 Å². The third-order valence-electron chi connectivity index (χ3n) is 1.68. The van der Waals surface area contributed by atoms with Crippen molar-refractivity contribution < 1.29 is 4.79 Å². The zero-order valence-electron chi connectivity index (χ0n) is 7.08. The van der Waals surface area contributed by atoms with E-state index in [1.807, 2.05) is 31.2 Å². The summed E-state index contributed by atoms with van der Waals surface area (Å²) in [5, 5.41) is 0. The Morgan fingerprint density at radius 3 is 2.67 bits per heavy atom. The molecule has 0 atom stereocenters. The largest absolute Gasteiger partial charge is 0.294 e. The standard InChI is InChI=1S/C10H12OS/c1-2-5-9(11)8-6-3-4-7-10(8)12/h3-4,6-7,12H,2,5H2,1H3. The summed E-state index contributed by atoms with van der Waals surface area (Å²) in [5.41, 5.74) is 0.739. The van der Waals surface area contributed by atoms with E-state index in [-0.39, 0.29) is 5.78 Å². The van der Waals surface area contributed by atoms with E-state index in [1.165, 1.54) is 0 Å². The second kappa shape index (κ2) is 4.31. The van der Waals surface area contributed by atoms with Crippen LogP contribution in [0.3, 0.4) is 0 Å². The highest BCUT2D eigenvalue weighted by Gasteiger charge is 2.06. The summed E-state index contributed by atoms with van der Waals surface area (Å²) < 4.78 is 0. The summed E-state index contributed by atoms with van der Waals surface area (Å²) in [6.45, 7) is 2.00. The molecule has 1 nitrogen and oxygen atoms in total. The van der Waals surface area contributed by atoms with Crippen LogP contribution in [0.1, 0.15) is 30.1 Å². The Hall–Kier alpha value is -0.760. The SMILES string of the molecule is CCCC(=O)c1ccccc1S. The predicted octanol–water partition coefficient (Wildman–Crippen LogP) is 2.96. The highest BCUT2D eigenvalue weighted by molar-refractivity contribution is 7.80. The fourth-order valence-corrected chi connectivity index (χ4v) is 1.36. The van der Waals surface area contributed by atoms with Crippen molar-refractivity contribution in [3.05, 3.63) is 29.8 Å². The van der Waals surface area contributed by atoms with Crippen LogP contribution in [-0.2, 0) is 0 Å². The van der Waals surface area contributed by atoms with Gasteiger partial charge >= 0.3 is 0 Å². The van der Waals surface area contributed by atoms with Crippen LogP contribution < -0.4 is 0 Å². The third-order valence-corrected chi connectivity index (χ3v) is 2.07. The molecule has 0 bridgehead atoms. The van der Waals surface area contributed by atoms with E-state index >= 15 is 0 Å². The zero-order chi connectivity index (χ0) is 8.97. The van der Waals surface area contributed by atoms with Crippen molar-refractivity contribution in [3.63, 3.8) is 0 Å². The molecule has 0 N–H and O–H groups in total. The van der Waals surface area contributed by atoms with Gasteiger partial charge in [-0.25, -0.2) is 0 Å². The molecule has 0 aliphatic rings. The fourth-order valence-electron chi connectivity index (χ4n) is 1.07. The normalized spacial score (nSPS) is 9.83. The minimum absolute atomic E-state index is 0.183. The minimum atomic E-state index is 0.183. The van der Waals surface area contributed by atoms with Crippen molar-refractivity contribution in [1.82, 2.24) is 0 Å². The third kappa shape index (κ3) is 2.11. The highest BCUT2D eigenvalue weighted by Crippen LogP contribution is 2.15. The van der Waals surface area contributed by atoms with Crippen molar-refractivity contribution in [2.45, 2.75) is 24.7 Å². The second-order valence-electron chi connectivity index (χ2n) is 2.69. The molecule has 1 aromatic rings. The summed E-state index contributed by atoms with van der Waals surface area (Å²) in [6.07, 6.45) is 1.50. The first-order chi connectivity index (χ1) is 5.75. The first-order valence-electron chi connectivity index (χ1n) is 4.07. The van der Waals surface area contributed by atoms with Crippen molar-refractivity contribution in [2.24, 2.45) is 0 Å². The molecule has 0 radical (unpaired) electrons. The number of benzene rings is 1. The monoisotopic (exact) mass is 180 g/mol. The van der Waals surface area contributed by atoms with Crippen molar-refractivity contribution in [2.75, 3.05) is 0 Å². The van der Waals surface area contributed by atoms with Crippen molar-refractivity contribution in [1.29, 1.82) is 0 Å². The van der Waals surface area contributed by atoms with Crippen LogP contribution in [0.15, 0.2) is 29.2 Å². The molecule has 12 heavy (non-hydrogen) atoms. The molecule has 0 spiro atoms. The minimum Gasteiger partial charge on any atom is -0.294 e. The number of carbonyl (C=O) groups excluding carboxylic acids is 1. The number of ketones is 1. The average Bonchev–Trinajstić information content (AvgIpc) is 2.05. The van der Waals surface area contributed by atoms with Gasteiger partial charge in [-0.1, -0.05) is 25.1 Å². The molecule has 0 unspecified atom stereocenters. The number of carbonyl (C=O) groups is 1. The van der Waals surface area contributed by atoms with Gasteiger partial charge in [0.25, 0.3) is 0 Å². The van der Waals surface area contributed by atoms with Gasteiger partial charge in [0.1, 0.15) is 0 Å². The van der Waals surface area contributed by atoms with Crippen LogP contribution in [0.5, 0.6) is 0 Å². The van der Waals surface area contributed by atoms with Crippen LogP contribution >= 0.6 is 12.6 Å². The maximum Gasteiger partial charge on any atom is 0.163 e. The van der Waals surface area contributed by atoms with E-state index in [1.54, 1.807) is 0 Å². The first kappa shape index (κ1) is 9.33. The van der Waals surface area contributed by atoms with Gasteiger partial charge in [0.15, 0.2) is 5.78 Å². The first-order valence-corrected chi connectivity index (χ1v) is 4.51. The van der Waals surface area contributed by atoms with Gasteiger partial charge in [-0.2, -0.15) is 0 Å². The quantitative estimate of drug-likeness (QED) is 0.559. The lowest BCUT2D eigenvalue weighted by Crippen LogP contribution is -1.98. The van der Waals surface area contributed by atoms with Crippen LogP contribution in [0.2, 0.25) is 0 Å². The van der Waals surface area contributed by atoms with Crippen LogP contribution in [-0.4, -0.2) is 5.78 Å². The molecule has 0 aromatic heterocycles. The Bertz CT molecular complexity index is 281. The maximum atomic E-state index is 11.4. The molecule has 64 valence electrons.